The first-order valence-corrected chi connectivity index (χ1v) is 5.41. The molecule has 0 saturated heterocycles. The van der Waals surface area contributed by atoms with Crippen LogP contribution in [-0.4, -0.2) is 21.8 Å². The Labute approximate surface area is 95.3 Å². The number of rotatable bonds is 4. The molecule has 2 aromatic rings. The molecule has 1 atom stereocenters. The standard InChI is InChI=1S/C12H16N4/c1-10(11-6-4-3-5-7-11)16-9-14-15-12(16)8-13-2/h3-7,9-10,13H,8H2,1-2H3. The van der Waals surface area contributed by atoms with Gasteiger partial charge < -0.3 is 9.88 Å². The van der Waals surface area contributed by atoms with Crippen molar-refractivity contribution >= 4 is 0 Å². The second-order valence-electron chi connectivity index (χ2n) is 3.77. The monoisotopic (exact) mass is 216 g/mol. The van der Waals surface area contributed by atoms with Gasteiger partial charge in [-0.3, -0.25) is 0 Å². The molecule has 0 bridgehead atoms. The fourth-order valence-corrected chi connectivity index (χ4v) is 1.77. The highest BCUT2D eigenvalue weighted by molar-refractivity contribution is 5.19. The number of hydrogen-bond donors (Lipinski definition) is 1. The first-order chi connectivity index (χ1) is 7.83. The number of aromatic nitrogens is 3. The average Bonchev–Trinajstić information content (AvgIpc) is 2.78. The van der Waals surface area contributed by atoms with Crippen LogP contribution in [0.4, 0.5) is 0 Å². The average molecular weight is 216 g/mol. The SMILES string of the molecule is CNCc1nncn1C(C)c1ccccc1. The van der Waals surface area contributed by atoms with E-state index in [1.165, 1.54) is 5.56 Å². The molecule has 0 fully saturated rings. The van der Waals surface area contributed by atoms with E-state index >= 15 is 0 Å². The zero-order valence-electron chi connectivity index (χ0n) is 9.59. The van der Waals surface area contributed by atoms with E-state index in [0.29, 0.717) is 0 Å². The maximum absolute atomic E-state index is 4.10. The third-order valence-electron chi connectivity index (χ3n) is 2.68. The molecule has 1 unspecified atom stereocenters. The summed E-state index contributed by atoms with van der Waals surface area (Å²) in [5.74, 6) is 0.957. The van der Waals surface area contributed by atoms with Crippen LogP contribution < -0.4 is 5.32 Å². The lowest BCUT2D eigenvalue weighted by Gasteiger charge is -2.15. The Bertz CT molecular complexity index is 435. The Morgan fingerprint density at radius 1 is 1.31 bits per heavy atom. The van der Waals surface area contributed by atoms with Crippen molar-refractivity contribution in [2.24, 2.45) is 0 Å². The van der Waals surface area contributed by atoms with Crippen molar-refractivity contribution in [2.45, 2.75) is 19.5 Å². The summed E-state index contributed by atoms with van der Waals surface area (Å²) in [5.41, 5.74) is 1.26. The van der Waals surface area contributed by atoms with Crippen LogP contribution in [-0.2, 0) is 6.54 Å². The molecule has 0 aliphatic carbocycles. The molecule has 0 radical (unpaired) electrons. The van der Waals surface area contributed by atoms with Crippen LogP contribution in [0.1, 0.15) is 24.4 Å². The van der Waals surface area contributed by atoms with Crippen molar-refractivity contribution in [2.75, 3.05) is 7.05 Å². The summed E-state index contributed by atoms with van der Waals surface area (Å²) in [6, 6.07) is 10.6. The van der Waals surface area contributed by atoms with E-state index < -0.39 is 0 Å². The summed E-state index contributed by atoms with van der Waals surface area (Å²) in [4.78, 5) is 0. The Hall–Kier alpha value is -1.68. The highest BCUT2D eigenvalue weighted by Crippen LogP contribution is 2.17. The predicted octanol–water partition coefficient (Wildman–Crippen LogP) is 1.61. The van der Waals surface area contributed by atoms with Gasteiger partial charge in [0.15, 0.2) is 0 Å². The molecular formula is C12H16N4. The summed E-state index contributed by atoms with van der Waals surface area (Å²) >= 11 is 0. The molecule has 4 heteroatoms. The van der Waals surface area contributed by atoms with Crippen LogP contribution in [0.3, 0.4) is 0 Å². The molecule has 0 amide bonds. The first-order valence-electron chi connectivity index (χ1n) is 5.41. The quantitative estimate of drug-likeness (QED) is 0.844. The first kappa shape index (κ1) is 10.8. The molecule has 0 aliphatic heterocycles. The summed E-state index contributed by atoms with van der Waals surface area (Å²) < 4.78 is 2.09. The Morgan fingerprint density at radius 3 is 2.75 bits per heavy atom. The zero-order valence-corrected chi connectivity index (χ0v) is 9.59. The predicted molar refractivity (Wildman–Crippen MR) is 63.0 cm³/mol. The highest BCUT2D eigenvalue weighted by atomic mass is 15.3. The fraction of sp³-hybridized carbons (Fsp3) is 0.333. The van der Waals surface area contributed by atoms with Gasteiger partial charge in [0.1, 0.15) is 12.2 Å². The summed E-state index contributed by atoms with van der Waals surface area (Å²) in [5, 5.41) is 11.2. The Balaban J connectivity index is 2.27. The third-order valence-corrected chi connectivity index (χ3v) is 2.68. The molecule has 1 aromatic heterocycles. The highest BCUT2D eigenvalue weighted by Gasteiger charge is 2.11. The number of hydrogen-bond acceptors (Lipinski definition) is 3. The van der Waals surface area contributed by atoms with Gasteiger partial charge in [0.25, 0.3) is 0 Å². The van der Waals surface area contributed by atoms with E-state index in [0.717, 1.165) is 12.4 Å². The lowest BCUT2D eigenvalue weighted by molar-refractivity contribution is 0.584. The second kappa shape index (κ2) is 4.90. The summed E-state index contributed by atoms with van der Waals surface area (Å²) in [6.07, 6.45) is 1.78. The number of nitrogens with zero attached hydrogens (tertiary/aromatic N) is 3. The van der Waals surface area contributed by atoms with Crippen molar-refractivity contribution in [3.05, 3.63) is 48.0 Å². The van der Waals surface area contributed by atoms with Crippen LogP contribution >= 0.6 is 0 Å². The molecule has 16 heavy (non-hydrogen) atoms. The van der Waals surface area contributed by atoms with Gasteiger partial charge in [0.05, 0.1) is 12.6 Å². The molecule has 1 heterocycles. The number of benzene rings is 1. The molecule has 0 aliphatic rings. The van der Waals surface area contributed by atoms with Crippen LogP contribution in [0.2, 0.25) is 0 Å². The lowest BCUT2D eigenvalue weighted by Crippen LogP contribution is -2.15. The largest absolute Gasteiger partial charge is 0.313 e. The van der Waals surface area contributed by atoms with Crippen LogP contribution in [0.25, 0.3) is 0 Å². The molecule has 84 valence electrons. The van der Waals surface area contributed by atoms with Gasteiger partial charge in [-0.2, -0.15) is 0 Å². The molecular weight excluding hydrogens is 200 g/mol. The number of nitrogens with one attached hydrogen (secondary N) is 1. The Morgan fingerprint density at radius 2 is 2.06 bits per heavy atom. The van der Waals surface area contributed by atoms with Crippen molar-refractivity contribution in [3.63, 3.8) is 0 Å². The smallest absolute Gasteiger partial charge is 0.147 e. The van der Waals surface area contributed by atoms with Gasteiger partial charge >= 0.3 is 0 Å². The van der Waals surface area contributed by atoms with E-state index in [-0.39, 0.29) is 6.04 Å². The maximum atomic E-state index is 4.10. The second-order valence-corrected chi connectivity index (χ2v) is 3.77. The van der Waals surface area contributed by atoms with Crippen molar-refractivity contribution in [3.8, 4) is 0 Å². The minimum Gasteiger partial charge on any atom is -0.313 e. The van der Waals surface area contributed by atoms with E-state index in [1.54, 1.807) is 6.33 Å². The van der Waals surface area contributed by atoms with Crippen molar-refractivity contribution in [1.29, 1.82) is 0 Å². The van der Waals surface area contributed by atoms with Gasteiger partial charge in [0.2, 0.25) is 0 Å². The third kappa shape index (κ3) is 2.12. The van der Waals surface area contributed by atoms with E-state index in [2.05, 4.69) is 39.1 Å². The van der Waals surface area contributed by atoms with Gasteiger partial charge in [-0.1, -0.05) is 30.3 Å². The minimum absolute atomic E-state index is 0.263. The topological polar surface area (TPSA) is 42.7 Å². The van der Waals surface area contributed by atoms with Gasteiger partial charge in [0, 0.05) is 0 Å². The zero-order chi connectivity index (χ0) is 11.4. The Kier molecular flexibility index (Phi) is 3.31. The maximum Gasteiger partial charge on any atom is 0.147 e. The van der Waals surface area contributed by atoms with Gasteiger partial charge in [-0.05, 0) is 19.5 Å². The van der Waals surface area contributed by atoms with Crippen LogP contribution in [0.15, 0.2) is 36.7 Å². The summed E-state index contributed by atoms with van der Waals surface area (Å²) in [6.45, 7) is 2.88. The molecule has 0 saturated carbocycles. The molecule has 2 rings (SSSR count). The van der Waals surface area contributed by atoms with Crippen molar-refractivity contribution < 1.29 is 0 Å². The van der Waals surface area contributed by atoms with Crippen LogP contribution in [0, 0.1) is 0 Å². The molecule has 0 spiro atoms. The molecule has 4 nitrogen and oxygen atoms in total. The normalized spacial score (nSPS) is 12.6. The van der Waals surface area contributed by atoms with Crippen molar-refractivity contribution in [1.82, 2.24) is 20.1 Å². The van der Waals surface area contributed by atoms with E-state index in [1.807, 2.05) is 25.2 Å². The van der Waals surface area contributed by atoms with E-state index in [4.69, 9.17) is 0 Å². The lowest BCUT2D eigenvalue weighted by atomic mass is 10.1. The summed E-state index contributed by atoms with van der Waals surface area (Å²) in [7, 11) is 1.91. The molecule has 1 aromatic carbocycles. The molecule has 1 N–H and O–H groups in total. The van der Waals surface area contributed by atoms with Crippen LogP contribution in [0.5, 0.6) is 0 Å². The minimum atomic E-state index is 0.263. The fourth-order valence-electron chi connectivity index (χ4n) is 1.77. The van der Waals surface area contributed by atoms with E-state index in [9.17, 15) is 0 Å². The van der Waals surface area contributed by atoms with Gasteiger partial charge in [-0.15, -0.1) is 10.2 Å². The van der Waals surface area contributed by atoms with Gasteiger partial charge in [-0.25, -0.2) is 0 Å².